The average molecular weight is 633 g/mol. The number of benzene rings is 2. The van der Waals surface area contributed by atoms with Gasteiger partial charge < -0.3 is 42.3 Å². The number of hydrogen-bond acceptors (Lipinski definition) is 10. The molecule has 10 nitrogen and oxygen atoms in total. The Bertz CT molecular complexity index is 1550. The van der Waals surface area contributed by atoms with Gasteiger partial charge >= 0.3 is 0 Å². The number of fused-ring (bicyclic) bond motifs is 2. The third kappa shape index (κ3) is 6.49. The van der Waals surface area contributed by atoms with Crippen molar-refractivity contribution in [1.82, 2.24) is 0 Å². The van der Waals surface area contributed by atoms with Crippen LogP contribution in [-0.4, -0.2) is 60.5 Å². The molecular formula is C36H40O10. The van der Waals surface area contributed by atoms with Gasteiger partial charge in [0, 0.05) is 5.56 Å². The summed E-state index contributed by atoms with van der Waals surface area (Å²) in [5.74, 6) is -1.36. The highest BCUT2D eigenvalue weighted by atomic mass is 16.8. The zero-order chi connectivity index (χ0) is 32.1. The third-order valence-corrected chi connectivity index (χ3v) is 8.53. The van der Waals surface area contributed by atoms with Crippen LogP contribution >= 0.6 is 0 Å². The van der Waals surface area contributed by atoms with Crippen LogP contribution in [0.4, 0.5) is 0 Å². The normalized spacial score (nSPS) is 32.8. The Kier molecular flexibility index (Phi) is 8.50. The molecule has 5 heterocycles. The molecule has 46 heavy (non-hydrogen) atoms. The molecule has 0 aliphatic carbocycles. The first kappa shape index (κ1) is 31.4. The van der Waals surface area contributed by atoms with E-state index in [-0.39, 0.29) is 5.78 Å². The molecule has 1 aromatic heterocycles. The standard InChI is InChI=1S/C36H40O10/c1-21(16-25(37)27-29-31(45-35(2,3)43-29)33(41-27)39-18-22-12-8-6-9-13-22)24-17-26(38-20-24)28-30-32(46-36(4,5)44-30)34(42-28)40-19-23-14-10-7-11-15-23/h6-17,20,27-34H,18-19H2,1-5H3/b21-16+/t27-,28-,29+,30+,31+,32+,33+,34+/m1/s1. The Hall–Kier alpha value is -3.19. The summed E-state index contributed by atoms with van der Waals surface area (Å²) in [5, 5.41) is 0. The van der Waals surface area contributed by atoms with Gasteiger partial charge in [0.05, 0.1) is 19.5 Å². The fraction of sp³-hybridized carbons (Fsp3) is 0.472. The predicted octanol–water partition coefficient (Wildman–Crippen LogP) is 5.85. The SMILES string of the molecule is C/C(=C\C(=O)[C@H]1O[C@H](OCc2ccccc2)[C@H]2OC(C)(C)O[C@H]21)c1coc([C@H]2O[C@H](OCc3ccccc3)[C@H]3OC(C)(C)O[C@H]32)c1. The van der Waals surface area contributed by atoms with Crippen LogP contribution < -0.4 is 0 Å². The maximum Gasteiger partial charge on any atom is 0.187 e. The number of hydrogen-bond donors (Lipinski definition) is 0. The summed E-state index contributed by atoms with van der Waals surface area (Å²) < 4.78 is 55.2. The second-order valence-corrected chi connectivity index (χ2v) is 13.0. The van der Waals surface area contributed by atoms with Crippen LogP contribution in [0, 0.1) is 0 Å². The molecule has 2 aromatic carbocycles. The van der Waals surface area contributed by atoms with E-state index < -0.39 is 60.8 Å². The number of ether oxygens (including phenoxy) is 8. The summed E-state index contributed by atoms with van der Waals surface area (Å²) in [6.07, 6.45) is -1.70. The van der Waals surface area contributed by atoms with Crippen molar-refractivity contribution < 1.29 is 47.1 Å². The molecule has 0 radical (unpaired) electrons. The minimum Gasteiger partial charge on any atom is -0.466 e. The number of rotatable bonds is 10. The van der Waals surface area contributed by atoms with E-state index in [1.165, 1.54) is 0 Å². The lowest BCUT2D eigenvalue weighted by Crippen LogP contribution is -2.34. The molecule has 8 atom stereocenters. The molecule has 0 unspecified atom stereocenters. The fourth-order valence-electron chi connectivity index (χ4n) is 6.44. The summed E-state index contributed by atoms with van der Waals surface area (Å²) in [7, 11) is 0. The van der Waals surface area contributed by atoms with Crippen LogP contribution in [0.15, 0.2) is 83.5 Å². The highest BCUT2D eigenvalue weighted by Crippen LogP contribution is 2.46. The maximum atomic E-state index is 13.6. The molecule has 0 saturated carbocycles. The van der Waals surface area contributed by atoms with Gasteiger partial charge in [0.1, 0.15) is 36.3 Å². The molecule has 4 fully saturated rings. The van der Waals surface area contributed by atoms with Crippen molar-refractivity contribution in [3.63, 3.8) is 0 Å². The molecular weight excluding hydrogens is 592 g/mol. The van der Waals surface area contributed by atoms with Crippen LogP contribution in [0.1, 0.15) is 63.2 Å². The molecule has 7 rings (SSSR count). The highest BCUT2D eigenvalue weighted by Gasteiger charge is 2.58. The van der Waals surface area contributed by atoms with Crippen LogP contribution in [0.2, 0.25) is 0 Å². The van der Waals surface area contributed by atoms with Crippen molar-refractivity contribution in [1.29, 1.82) is 0 Å². The number of carbonyl (C=O) groups is 1. The molecule has 244 valence electrons. The minimum absolute atomic E-state index is 0.247. The summed E-state index contributed by atoms with van der Waals surface area (Å²) >= 11 is 0. The van der Waals surface area contributed by atoms with E-state index in [4.69, 9.17) is 42.3 Å². The number of ketones is 1. The molecule has 0 spiro atoms. The average Bonchev–Trinajstić information content (AvgIpc) is 3.83. The van der Waals surface area contributed by atoms with Crippen LogP contribution in [0.3, 0.4) is 0 Å². The van der Waals surface area contributed by atoms with Gasteiger partial charge in [0.15, 0.2) is 36.0 Å². The summed E-state index contributed by atoms with van der Waals surface area (Å²) in [5.41, 5.74) is 3.44. The summed E-state index contributed by atoms with van der Waals surface area (Å²) in [4.78, 5) is 13.6. The first-order chi connectivity index (χ1) is 22.1. The van der Waals surface area contributed by atoms with Gasteiger partial charge in [-0.1, -0.05) is 60.7 Å². The molecule has 0 N–H and O–H groups in total. The van der Waals surface area contributed by atoms with Crippen molar-refractivity contribution in [2.45, 2.75) is 109 Å². The molecule has 0 amide bonds. The summed E-state index contributed by atoms with van der Waals surface area (Å²) in [6, 6.07) is 21.5. The predicted molar refractivity (Wildman–Crippen MR) is 164 cm³/mol. The largest absolute Gasteiger partial charge is 0.466 e. The monoisotopic (exact) mass is 632 g/mol. The van der Waals surface area contributed by atoms with E-state index in [2.05, 4.69) is 0 Å². The highest BCUT2D eigenvalue weighted by molar-refractivity contribution is 6.00. The van der Waals surface area contributed by atoms with Gasteiger partial charge in [-0.2, -0.15) is 0 Å². The van der Waals surface area contributed by atoms with Gasteiger partial charge in [-0.25, -0.2) is 0 Å². The zero-order valence-corrected chi connectivity index (χ0v) is 26.6. The first-order valence-corrected chi connectivity index (χ1v) is 15.7. The molecule has 0 bridgehead atoms. The lowest BCUT2D eigenvalue weighted by Gasteiger charge is -2.23. The van der Waals surface area contributed by atoms with Crippen molar-refractivity contribution in [3.8, 4) is 0 Å². The van der Waals surface area contributed by atoms with Gasteiger partial charge in [-0.15, -0.1) is 0 Å². The minimum atomic E-state index is -0.887. The van der Waals surface area contributed by atoms with E-state index in [0.717, 1.165) is 16.7 Å². The van der Waals surface area contributed by atoms with E-state index in [1.807, 2.05) is 101 Å². The van der Waals surface area contributed by atoms with Crippen LogP contribution in [0.25, 0.3) is 5.57 Å². The van der Waals surface area contributed by atoms with Crippen LogP contribution in [0.5, 0.6) is 0 Å². The zero-order valence-electron chi connectivity index (χ0n) is 26.6. The number of furan rings is 1. The smallest absolute Gasteiger partial charge is 0.187 e. The number of carbonyl (C=O) groups excluding carboxylic acids is 1. The van der Waals surface area contributed by atoms with Gasteiger partial charge in [-0.05, 0) is 63.5 Å². The van der Waals surface area contributed by atoms with Gasteiger partial charge in [-0.3, -0.25) is 4.79 Å². The molecule has 4 saturated heterocycles. The van der Waals surface area contributed by atoms with Gasteiger partial charge in [0.2, 0.25) is 0 Å². The van der Waals surface area contributed by atoms with Crippen molar-refractivity contribution in [2.75, 3.05) is 0 Å². The second-order valence-electron chi connectivity index (χ2n) is 13.0. The van der Waals surface area contributed by atoms with E-state index >= 15 is 0 Å². The Morgan fingerprint density at radius 2 is 1.26 bits per heavy atom. The quantitative estimate of drug-likeness (QED) is 0.253. The Labute approximate surface area is 268 Å². The molecule has 10 heteroatoms. The van der Waals surface area contributed by atoms with E-state index in [0.29, 0.717) is 24.5 Å². The van der Waals surface area contributed by atoms with Crippen molar-refractivity contribution in [2.24, 2.45) is 0 Å². The lowest BCUT2D eigenvalue weighted by molar-refractivity contribution is -0.239. The van der Waals surface area contributed by atoms with Crippen molar-refractivity contribution in [3.05, 3.63) is 102 Å². The first-order valence-electron chi connectivity index (χ1n) is 15.7. The van der Waals surface area contributed by atoms with Crippen molar-refractivity contribution >= 4 is 11.4 Å². The summed E-state index contributed by atoms with van der Waals surface area (Å²) in [6.45, 7) is 9.92. The third-order valence-electron chi connectivity index (χ3n) is 8.53. The Morgan fingerprint density at radius 3 is 1.87 bits per heavy atom. The van der Waals surface area contributed by atoms with Gasteiger partial charge in [0.25, 0.3) is 0 Å². The molecule has 3 aromatic rings. The van der Waals surface area contributed by atoms with E-state index in [9.17, 15) is 4.79 Å². The maximum absolute atomic E-state index is 13.6. The van der Waals surface area contributed by atoms with E-state index in [1.54, 1.807) is 12.3 Å². The Morgan fingerprint density at radius 1 is 0.739 bits per heavy atom. The second kappa shape index (κ2) is 12.4. The number of allylic oxidation sites excluding steroid dienone is 1. The molecule has 4 aliphatic heterocycles. The fourth-order valence-corrected chi connectivity index (χ4v) is 6.44. The lowest BCUT2D eigenvalue weighted by atomic mass is 10.0. The topological polar surface area (TPSA) is 104 Å². The van der Waals surface area contributed by atoms with Crippen LogP contribution in [-0.2, 0) is 55.9 Å². The Balaban J connectivity index is 1.04. The molecule has 4 aliphatic rings.